The minimum absolute atomic E-state index is 0.0482. The molecule has 1 aromatic rings. The molecule has 0 aromatic carbocycles. The highest BCUT2D eigenvalue weighted by molar-refractivity contribution is 7.80. The van der Waals surface area contributed by atoms with E-state index >= 15 is 0 Å². The largest absolute Gasteiger partial charge is 0.392 e. The molecule has 0 aliphatic heterocycles. The van der Waals surface area contributed by atoms with Gasteiger partial charge in [-0.15, -0.1) is 0 Å². The van der Waals surface area contributed by atoms with Gasteiger partial charge in [0.2, 0.25) is 5.91 Å². The molecule has 1 heterocycles. The molecule has 0 saturated heterocycles. The quantitative estimate of drug-likeness (QED) is 0.684. The first-order chi connectivity index (χ1) is 9.97. The van der Waals surface area contributed by atoms with Gasteiger partial charge in [-0.1, -0.05) is 38.9 Å². The Balaban J connectivity index is 2.68. The van der Waals surface area contributed by atoms with Gasteiger partial charge in [-0.3, -0.25) is 4.79 Å². The van der Waals surface area contributed by atoms with Crippen LogP contribution >= 0.6 is 12.2 Å². The number of carbonyl (C=O) groups excluding carboxylic acids is 1. The van der Waals surface area contributed by atoms with Crippen molar-refractivity contribution in [3.05, 3.63) is 18.2 Å². The zero-order chi connectivity index (χ0) is 15.9. The molecule has 6 heteroatoms. The predicted molar refractivity (Wildman–Crippen MR) is 89.0 cm³/mol. The summed E-state index contributed by atoms with van der Waals surface area (Å²) in [6, 6.07) is 0. The van der Waals surface area contributed by atoms with Crippen molar-refractivity contribution in [2.24, 2.45) is 18.2 Å². The van der Waals surface area contributed by atoms with Crippen molar-refractivity contribution in [2.75, 3.05) is 6.54 Å². The van der Waals surface area contributed by atoms with Crippen molar-refractivity contribution < 1.29 is 4.79 Å². The molecule has 0 fully saturated rings. The second-order valence-corrected chi connectivity index (χ2v) is 5.85. The first kappa shape index (κ1) is 17.6. The first-order valence-corrected chi connectivity index (χ1v) is 7.93. The first-order valence-electron chi connectivity index (χ1n) is 7.52. The van der Waals surface area contributed by atoms with E-state index in [2.05, 4.69) is 10.3 Å². The standard InChI is InChI=1S/C15H26N4OS/c1-4-7-15(8-5-2,13(16)21)14(20)18-9-6-12-17-10-11-19(12)3/h10-11H,4-9H2,1-3H3,(H2,16,21)(H,18,20). The molecule has 1 amide bonds. The molecule has 0 aliphatic rings. The van der Waals surface area contributed by atoms with Gasteiger partial charge < -0.3 is 15.6 Å². The van der Waals surface area contributed by atoms with Crippen LogP contribution in [-0.2, 0) is 18.3 Å². The molecule has 21 heavy (non-hydrogen) atoms. The molecule has 3 N–H and O–H groups in total. The third kappa shape index (κ3) is 4.27. The van der Waals surface area contributed by atoms with Gasteiger partial charge in [0, 0.05) is 32.4 Å². The molecular formula is C15H26N4OS. The number of aromatic nitrogens is 2. The Bertz CT molecular complexity index is 478. The zero-order valence-corrected chi connectivity index (χ0v) is 14.0. The van der Waals surface area contributed by atoms with Gasteiger partial charge >= 0.3 is 0 Å². The summed E-state index contributed by atoms with van der Waals surface area (Å²) in [5, 5.41) is 2.98. The molecule has 0 radical (unpaired) electrons. The van der Waals surface area contributed by atoms with Crippen LogP contribution in [0.25, 0.3) is 0 Å². The van der Waals surface area contributed by atoms with Crippen LogP contribution in [0.4, 0.5) is 0 Å². The number of imidazole rings is 1. The van der Waals surface area contributed by atoms with Gasteiger partial charge in [0.05, 0.1) is 10.4 Å². The summed E-state index contributed by atoms with van der Waals surface area (Å²) < 4.78 is 1.95. The van der Waals surface area contributed by atoms with Crippen molar-refractivity contribution in [2.45, 2.75) is 46.0 Å². The van der Waals surface area contributed by atoms with Gasteiger partial charge in [-0.05, 0) is 12.8 Å². The minimum Gasteiger partial charge on any atom is -0.392 e. The van der Waals surface area contributed by atoms with Gasteiger partial charge in [0.25, 0.3) is 0 Å². The summed E-state index contributed by atoms with van der Waals surface area (Å²) in [5.74, 6) is 0.898. The SMILES string of the molecule is CCCC(CCC)(C(=O)NCCc1nccn1C)C(N)=S. The highest BCUT2D eigenvalue weighted by atomic mass is 32.1. The molecule has 5 nitrogen and oxygen atoms in total. The molecule has 0 unspecified atom stereocenters. The van der Waals surface area contributed by atoms with Crippen LogP contribution in [0.5, 0.6) is 0 Å². The topological polar surface area (TPSA) is 72.9 Å². The molecule has 1 rings (SSSR count). The summed E-state index contributed by atoms with van der Waals surface area (Å²) in [7, 11) is 1.94. The third-order valence-electron chi connectivity index (χ3n) is 3.81. The summed E-state index contributed by atoms with van der Waals surface area (Å²) in [6.45, 7) is 4.63. The van der Waals surface area contributed by atoms with Crippen LogP contribution in [0, 0.1) is 5.41 Å². The average Bonchev–Trinajstić information content (AvgIpc) is 2.83. The van der Waals surface area contributed by atoms with Gasteiger partial charge in [0.1, 0.15) is 5.82 Å². The number of rotatable bonds is 9. The van der Waals surface area contributed by atoms with Crippen LogP contribution in [0.1, 0.15) is 45.4 Å². The number of hydrogen-bond donors (Lipinski definition) is 2. The number of nitrogens with zero attached hydrogens (tertiary/aromatic N) is 2. The van der Waals surface area contributed by atoms with Crippen LogP contribution in [0.2, 0.25) is 0 Å². The van der Waals surface area contributed by atoms with Crippen molar-refractivity contribution in [1.82, 2.24) is 14.9 Å². The van der Waals surface area contributed by atoms with E-state index in [1.54, 1.807) is 6.20 Å². The summed E-state index contributed by atoms with van der Waals surface area (Å²) >= 11 is 5.19. The van der Waals surface area contributed by atoms with Crippen molar-refractivity contribution in [1.29, 1.82) is 0 Å². The average molecular weight is 310 g/mol. The van der Waals surface area contributed by atoms with Crippen molar-refractivity contribution >= 4 is 23.1 Å². The molecule has 0 atom stereocenters. The highest BCUT2D eigenvalue weighted by Gasteiger charge is 2.39. The van der Waals surface area contributed by atoms with Crippen LogP contribution in [-0.4, -0.2) is 27.0 Å². The van der Waals surface area contributed by atoms with Gasteiger partial charge in [-0.25, -0.2) is 4.98 Å². The Morgan fingerprint density at radius 3 is 2.48 bits per heavy atom. The summed E-state index contributed by atoms with van der Waals surface area (Å²) in [4.78, 5) is 17.1. The highest BCUT2D eigenvalue weighted by Crippen LogP contribution is 2.30. The number of thiocarbonyl (C=S) groups is 1. The van der Waals surface area contributed by atoms with Crippen LogP contribution in [0.15, 0.2) is 12.4 Å². The third-order valence-corrected chi connectivity index (χ3v) is 4.21. The lowest BCUT2D eigenvalue weighted by Crippen LogP contribution is -2.49. The second kappa shape index (κ2) is 8.12. The van der Waals surface area contributed by atoms with Gasteiger partial charge in [0.15, 0.2) is 0 Å². The van der Waals surface area contributed by atoms with E-state index in [9.17, 15) is 4.79 Å². The summed E-state index contributed by atoms with van der Waals surface area (Å²) in [5.41, 5.74) is 5.18. The van der Waals surface area contributed by atoms with E-state index in [-0.39, 0.29) is 5.91 Å². The maximum absolute atomic E-state index is 12.6. The maximum Gasteiger partial charge on any atom is 0.233 e. The molecule has 1 aromatic heterocycles. The Morgan fingerprint density at radius 2 is 2.05 bits per heavy atom. The minimum atomic E-state index is -0.708. The van der Waals surface area contributed by atoms with Crippen LogP contribution in [0.3, 0.4) is 0 Å². The Morgan fingerprint density at radius 1 is 1.43 bits per heavy atom. The zero-order valence-electron chi connectivity index (χ0n) is 13.2. The van der Waals surface area contributed by atoms with Crippen LogP contribution < -0.4 is 11.1 Å². The number of nitrogens with one attached hydrogen (secondary N) is 1. The van der Waals surface area contributed by atoms with E-state index in [0.717, 1.165) is 18.7 Å². The van der Waals surface area contributed by atoms with Crippen molar-refractivity contribution in [3.8, 4) is 0 Å². The van der Waals surface area contributed by atoms with Gasteiger partial charge in [-0.2, -0.15) is 0 Å². The number of aryl methyl sites for hydroxylation is 1. The molecule has 118 valence electrons. The fourth-order valence-corrected chi connectivity index (χ4v) is 2.96. The maximum atomic E-state index is 12.6. The lowest BCUT2D eigenvalue weighted by molar-refractivity contribution is -0.128. The Hall–Kier alpha value is -1.43. The number of nitrogens with two attached hydrogens (primary N) is 1. The lowest BCUT2D eigenvalue weighted by atomic mass is 9.78. The predicted octanol–water partition coefficient (Wildman–Crippen LogP) is 1.95. The van der Waals surface area contributed by atoms with Crippen molar-refractivity contribution in [3.63, 3.8) is 0 Å². The number of carbonyl (C=O) groups is 1. The molecular weight excluding hydrogens is 284 g/mol. The van der Waals surface area contributed by atoms with E-state index in [1.807, 2.05) is 31.7 Å². The molecule has 0 bridgehead atoms. The van der Waals surface area contributed by atoms with E-state index in [1.165, 1.54) is 0 Å². The smallest absolute Gasteiger partial charge is 0.233 e. The normalized spacial score (nSPS) is 11.4. The fourth-order valence-electron chi connectivity index (χ4n) is 2.66. The Kier molecular flexibility index (Phi) is 6.81. The second-order valence-electron chi connectivity index (χ2n) is 5.41. The summed E-state index contributed by atoms with van der Waals surface area (Å²) in [6.07, 6.45) is 7.50. The van der Waals surface area contributed by atoms with E-state index < -0.39 is 5.41 Å². The molecule has 0 spiro atoms. The van der Waals surface area contributed by atoms with E-state index in [0.29, 0.717) is 30.8 Å². The monoisotopic (exact) mass is 310 g/mol. The molecule has 0 saturated carbocycles. The fraction of sp³-hybridized carbons (Fsp3) is 0.667. The van der Waals surface area contributed by atoms with E-state index in [4.69, 9.17) is 18.0 Å². The Labute approximate surface area is 132 Å². The molecule has 0 aliphatic carbocycles. The lowest BCUT2D eigenvalue weighted by Gasteiger charge is -2.31. The number of hydrogen-bond acceptors (Lipinski definition) is 3. The number of amides is 1.